The number of aromatic hydroxyl groups is 1. The highest BCUT2D eigenvalue weighted by Crippen LogP contribution is 2.21. The van der Waals surface area contributed by atoms with Gasteiger partial charge in [0.2, 0.25) is 0 Å². The molecule has 1 aliphatic heterocycles. The summed E-state index contributed by atoms with van der Waals surface area (Å²) in [6.07, 6.45) is 0. The Hall–Kier alpha value is -2.73. The lowest BCUT2D eigenvalue weighted by molar-refractivity contribution is 0.0617. The van der Waals surface area contributed by atoms with Crippen molar-refractivity contribution in [2.45, 2.75) is 6.92 Å². The minimum atomic E-state index is -0.106. The highest BCUT2D eigenvalue weighted by atomic mass is 16.5. The fraction of sp³-hybridized carbons (Fsp3) is 0.381. The van der Waals surface area contributed by atoms with Crippen LogP contribution >= 0.6 is 0 Å². The van der Waals surface area contributed by atoms with Crippen LogP contribution in [0, 0.1) is 6.92 Å². The lowest BCUT2D eigenvalue weighted by Gasteiger charge is -2.34. The average molecular weight is 370 g/mol. The second-order valence-corrected chi connectivity index (χ2v) is 6.68. The summed E-state index contributed by atoms with van der Waals surface area (Å²) >= 11 is 0. The van der Waals surface area contributed by atoms with Gasteiger partial charge >= 0.3 is 0 Å². The molecule has 2 aromatic carbocycles. The van der Waals surface area contributed by atoms with Gasteiger partial charge in [0.15, 0.2) is 0 Å². The van der Waals surface area contributed by atoms with Crippen LogP contribution in [-0.2, 0) is 0 Å². The van der Waals surface area contributed by atoms with Gasteiger partial charge in [0.25, 0.3) is 5.91 Å². The first-order valence-electron chi connectivity index (χ1n) is 9.15. The standard InChI is InChI=1S/C21H26N2O4/c1-16-3-8-20(24)19(15-16)21(25)23-11-9-22(10-12-23)13-14-27-18-6-4-17(26-2)5-7-18/h3-8,15,24H,9-14H2,1-2H3. The summed E-state index contributed by atoms with van der Waals surface area (Å²) < 4.78 is 10.9. The number of phenolic OH excluding ortho intramolecular Hbond substituents is 1. The van der Waals surface area contributed by atoms with Crippen LogP contribution in [-0.4, -0.2) is 67.3 Å². The molecule has 0 spiro atoms. The van der Waals surface area contributed by atoms with E-state index >= 15 is 0 Å². The molecule has 6 heteroatoms. The van der Waals surface area contributed by atoms with Gasteiger partial charge in [0.05, 0.1) is 12.7 Å². The van der Waals surface area contributed by atoms with E-state index in [4.69, 9.17) is 9.47 Å². The van der Waals surface area contributed by atoms with Crippen molar-refractivity contribution in [2.75, 3.05) is 46.4 Å². The van der Waals surface area contributed by atoms with Crippen molar-refractivity contribution in [2.24, 2.45) is 0 Å². The Bertz CT molecular complexity index is 768. The molecule has 0 saturated carbocycles. The molecule has 0 aliphatic carbocycles. The number of amides is 1. The van der Waals surface area contributed by atoms with E-state index in [1.165, 1.54) is 0 Å². The molecule has 0 atom stereocenters. The smallest absolute Gasteiger partial charge is 0.257 e. The number of hydrogen-bond donors (Lipinski definition) is 1. The predicted molar refractivity (Wildman–Crippen MR) is 104 cm³/mol. The summed E-state index contributed by atoms with van der Waals surface area (Å²) in [5, 5.41) is 9.96. The molecule has 1 saturated heterocycles. The van der Waals surface area contributed by atoms with Crippen molar-refractivity contribution < 1.29 is 19.4 Å². The zero-order chi connectivity index (χ0) is 19.2. The summed E-state index contributed by atoms with van der Waals surface area (Å²) in [5.41, 5.74) is 1.34. The van der Waals surface area contributed by atoms with E-state index in [1.807, 2.05) is 31.2 Å². The fourth-order valence-electron chi connectivity index (χ4n) is 3.13. The molecule has 0 unspecified atom stereocenters. The maximum atomic E-state index is 12.6. The topological polar surface area (TPSA) is 62.2 Å². The van der Waals surface area contributed by atoms with Crippen LogP contribution in [0.4, 0.5) is 0 Å². The molecule has 2 aromatic rings. The highest BCUT2D eigenvalue weighted by molar-refractivity contribution is 5.97. The molecule has 27 heavy (non-hydrogen) atoms. The SMILES string of the molecule is COc1ccc(OCCN2CCN(C(=O)c3cc(C)ccc3O)CC2)cc1. The van der Waals surface area contributed by atoms with Crippen LogP contribution in [0.5, 0.6) is 17.2 Å². The number of rotatable bonds is 6. The summed E-state index contributed by atoms with van der Waals surface area (Å²) in [6.45, 7) is 6.21. The highest BCUT2D eigenvalue weighted by Gasteiger charge is 2.23. The van der Waals surface area contributed by atoms with Gasteiger partial charge in [-0.3, -0.25) is 9.69 Å². The molecule has 1 aliphatic rings. The van der Waals surface area contributed by atoms with E-state index in [9.17, 15) is 9.90 Å². The first kappa shape index (κ1) is 19.0. The van der Waals surface area contributed by atoms with Gasteiger partial charge in [0.1, 0.15) is 23.9 Å². The van der Waals surface area contributed by atoms with Crippen molar-refractivity contribution >= 4 is 5.91 Å². The van der Waals surface area contributed by atoms with Crippen molar-refractivity contribution in [1.29, 1.82) is 0 Å². The van der Waals surface area contributed by atoms with Gasteiger partial charge in [0, 0.05) is 32.7 Å². The van der Waals surface area contributed by atoms with Crippen molar-refractivity contribution in [1.82, 2.24) is 9.80 Å². The first-order chi connectivity index (χ1) is 13.1. The Morgan fingerprint density at radius 1 is 1.04 bits per heavy atom. The molecule has 1 heterocycles. The van der Waals surface area contributed by atoms with Crippen LogP contribution in [0.1, 0.15) is 15.9 Å². The number of phenols is 1. The molecule has 1 amide bonds. The maximum Gasteiger partial charge on any atom is 0.257 e. The Morgan fingerprint density at radius 3 is 2.37 bits per heavy atom. The number of aryl methyl sites for hydroxylation is 1. The minimum absolute atomic E-state index is 0.0425. The minimum Gasteiger partial charge on any atom is -0.507 e. The van der Waals surface area contributed by atoms with Crippen LogP contribution in [0.15, 0.2) is 42.5 Å². The Labute approximate surface area is 159 Å². The maximum absolute atomic E-state index is 12.6. The van der Waals surface area contributed by atoms with E-state index < -0.39 is 0 Å². The molecular weight excluding hydrogens is 344 g/mol. The van der Waals surface area contributed by atoms with Gasteiger partial charge < -0.3 is 19.5 Å². The summed E-state index contributed by atoms with van der Waals surface area (Å²) in [7, 11) is 1.64. The molecular formula is C21H26N2O4. The van der Waals surface area contributed by atoms with E-state index in [-0.39, 0.29) is 11.7 Å². The number of carbonyl (C=O) groups excluding carboxylic acids is 1. The summed E-state index contributed by atoms with van der Waals surface area (Å²) in [6, 6.07) is 12.7. The normalized spacial score (nSPS) is 14.8. The number of benzene rings is 2. The summed E-state index contributed by atoms with van der Waals surface area (Å²) in [4.78, 5) is 16.7. The van der Waals surface area contributed by atoms with E-state index in [0.717, 1.165) is 36.7 Å². The van der Waals surface area contributed by atoms with Crippen LogP contribution in [0.2, 0.25) is 0 Å². The number of piperazine rings is 1. The monoisotopic (exact) mass is 370 g/mol. The van der Waals surface area contributed by atoms with Gasteiger partial charge in [-0.1, -0.05) is 11.6 Å². The van der Waals surface area contributed by atoms with E-state index in [1.54, 1.807) is 30.2 Å². The second kappa shape index (κ2) is 8.77. The molecule has 0 bridgehead atoms. The third kappa shape index (κ3) is 4.92. The quantitative estimate of drug-likeness (QED) is 0.847. The molecule has 144 valence electrons. The number of carbonyl (C=O) groups is 1. The first-order valence-corrected chi connectivity index (χ1v) is 9.15. The van der Waals surface area contributed by atoms with Crippen molar-refractivity contribution in [3.8, 4) is 17.2 Å². The zero-order valence-electron chi connectivity index (χ0n) is 15.9. The van der Waals surface area contributed by atoms with Gasteiger partial charge in [-0.2, -0.15) is 0 Å². The van der Waals surface area contributed by atoms with E-state index in [0.29, 0.717) is 25.3 Å². The van der Waals surface area contributed by atoms with Crippen LogP contribution in [0.3, 0.4) is 0 Å². The number of hydrogen-bond acceptors (Lipinski definition) is 5. The Balaban J connectivity index is 1.44. The zero-order valence-corrected chi connectivity index (χ0v) is 15.9. The van der Waals surface area contributed by atoms with Crippen LogP contribution < -0.4 is 9.47 Å². The largest absolute Gasteiger partial charge is 0.507 e. The molecule has 6 nitrogen and oxygen atoms in total. The van der Waals surface area contributed by atoms with Crippen molar-refractivity contribution in [3.05, 3.63) is 53.6 Å². The fourth-order valence-corrected chi connectivity index (χ4v) is 3.13. The van der Waals surface area contributed by atoms with Gasteiger partial charge in [-0.15, -0.1) is 0 Å². The second-order valence-electron chi connectivity index (χ2n) is 6.68. The van der Waals surface area contributed by atoms with Crippen molar-refractivity contribution in [3.63, 3.8) is 0 Å². The average Bonchev–Trinajstić information content (AvgIpc) is 2.70. The third-order valence-electron chi connectivity index (χ3n) is 4.78. The van der Waals surface area contributed by atoms with E-state index in [2.05, 4.69) is 4.90 Å². The molecule has 0 radical (unpaired) electrons. The lowest BCUT2D eigenvalue weighted by Crippen LogP contribution is -2.49. The molecule has 1 N–H and O–H groups in total. The molecule has 1 fully saturated rings. The third-order valence-corrected chi connectivity index (χ3v) is 4.78. The van der Waals surface area contributed by atoms with Gasteiger partial charge in [-0.25, -0.2) is 0 Å². The lowest BCUT2D eigenvalue weighted by atomic mass is 10.1. The van der Waals surface area contributed by atoms with Gasteiger partial charge in [-0.05, 0) is 43.3 Å². The molecule has 3 rings (SSSR count). The number of ether oxygens (including phenoxy) is 2. The Morgan fingerprint density at radius 2 is 1.70 bits per heavy atom. The predicted octanol–water partition coefficient (Wildman–Crippen LogP) is 2.55. The molecule has 0 aromatic heterocycles. The Kier molecular flexibility index (Phi) is 6.19. The number of methoxy groups -OCH3 is 1. The number of nitrogens with zero attached hydrogens (tertiary/aromatic N) is 2. The van der Waals surface area contributed by atoms with Crippen LogP contribution in [0.25, 0.3) is 0 Å². The summed E-state index contributed by atoms with van der Waals surface area (Å²) in [5.74, 6) is 1.56.